The molecule has 1 aromatic rings. The third-order valence-electron chi connectivity index (χ3n) is 4.06. The molecule has 2 heterocycles. The largest absolute Gasteiger partial charge is 0.309 e. The molecule has 20 heavy (non-hydrogen) atoms. The SMILES string of the molecule is Cc1ccc(S(=O)(=O)N2CC3CCC(C2)N3)c(C#N)c1. The van der Waals surface area contributed by atoms with E-state index in [2.05, 4.69) is 5.32 Å². The van der Waals surface area contributed by atoms with Gasteiger partial charge < -0.3 is 5.32 Å². The molecule has 2 bridgehead atoms. The minimum atomic E-state index is -3.58. The summed E-state index contributed by atoms with van der Waals surface area (Å²) in [5, 5.41) is 12.6. The third kappa shape index (κ3) is 2.22. The van der Waals surface area contributed by atoms with Crippen LogP contribution in [0.1, 0.15) is 24.0 Å². The van der Waals surface area contributed by atoms with Crippen molar-refractivity contribution in [2.45, 2.75) is 36.7 Å². The Hall–Kier alpha value is -1.42. The van der Waals surface area contributed by atoms with Crippen LogP contribution in [0.15, 0.2) is 23.1 Å². The number of rotatable bonds is 2. The Morgan fingerprint density at radius 2 is 1.95 bits per heavy atom. The molecule has 0 radical (unpaired) electrons. The van der Waals surface area contributed by atoms with Crippen LogP contribution in [0.2, 0.25) is 0 Å². The number of hydrogen-bond donors (Lipinski definition) is 1. The summed E-state index contributed by atoms with van der Waals surface area (Å²) < 4.78 is 27.0. The topological polar surface area (TPSA) is 73.2 Å². The molecule has 2 aliphatic rings. The van der Waals surface area contributed by atoms with Crippen molar-refractivity contribution in [3.05, 3.63) is 29.3 Å². The quantitative estimate of drug-likeness (QED) is 0.882. The van der Waals surface area contributed by atoms with Crippen LogP contribution < -0.4 is 5.32 Å². The van der Waals surface area contributed by atoms with E-state index in [-0.39, 0.29) is 22.5 Å². The van der Waals surface area contributed by atoms with Crippen LogP contribution in [-0.4, -0.2) is 37.9 Å². The average molecular weight is 291 g/mol. The summed E-state index contributed by atoms with van der Waals surface area (Å²) >= 11 is 0. The summed E-state index contributed by atoms with van der Waals surface area (Å²) in [5.74, 6) is 0. The molecule has 0 saturated carbocycles. The predicted molar refractivity (Wildman–Crippen MR) is 74.6 cm³/mol. The Balaban J connectivity index is 1.98. The summed E-state index contributed by atoms with van der Waals surface area (Å²) in [7, 11) is -3.58. The van der Waals surface area contributed by atoms with Crippen molar-refractivity contribution >= 4 is 10.0 Å². The molecule has 1 aromatic carbocycles. The van der Waals surface area contributed by atoms with Crippen LogP contribution in [0.25, 0.3) is 0 Å². The lowest BCUT2D eigenvalue weighted by molar-refractivity contribution is 0.296. The first-order valence-corrected chi connectivity index (χ1v) is 8.21. The molecule has 1 N–H and O–H groups in total. The van der Waals surface area contributed by atoms with Crippen LogP contribution in [0, 0.1) is 18.3 Å². The zero-order valence-corrected chi connectivity index (χ0v) is 12.2. The molecule has 2 unspecified atom stereocenters. The van der Waals surface area contributed by atoms with E-state index in [9.17, 15) is 13.7 Å². The smallest absolute Gasteiger partial charge is 0.244 e. The molecule has 0 spiro atoms. The van der Waals surface area contributed by atoms with E-state index >= 15 is 0 Å². The number of nitrogens with one attached hydrogen (secondary N) is 1. The van der Waals surface area contributed by atoms with Crippen LogP contribution in [0.3, 0.4) is 0 Å². The number of nitriles is 1. The molecule has 3 rings (SSSR count). The highest BCUT2D eigenvalue weighted by Crippen LogP contribution is 2.27. The number of benzene rings is 1. The summed E-state index contributed by atoms with van der Waals surface area (Å²) in [6.45, 7) is 2.84. The normalized spacial score (nSPS) is 26.4. The van der Waals surface area contributed by atoms with E-state index in [0.29, 0.717) is 13.1 Å². The molecule has 2 aliphatic heterocycles. The highest BCUT2D eigenvalue weighted by molar-refractivity contribution is 7.89. The molecule has 6 heteroatoms. The summed E-state index contributed by atoms with van der Waals surface area (Å²) in [5.41, 5.74) is 1.12. The highest BCUT2D eigenvalue weighted by atomic mass is 32.2. The summed E-state index contributed by atoms with van der Waals surface area (Å²) in [4.78, 5) is 0.131. The van der Waals surface area contributed by atoms with Crippen LogP contribution in [0.5, 0.6) is 0 Å². The molecule has 0 amide bonds. The standard InChI is InChI=1S/C14H17N3O2S/c1-10-2-5-14(11(6-10)7-15)20(18,19)17-8-12-3-4-13(9-17)16-12/h2,5-6,12-13,16H,3-4,8-9H2,1H3. The van der Waals surface area contributed by atoms with E-state index in [1.54, 1.807) is 18.2 Å². The first-order chi connectivity index (χ1) is 9.50. The second-order valence-corrected chi connectivity index (χ2v) is 7.48. The van der Waals surface area contributed by atoms with Gasteiger partial charge in [0.05, 0.1) is 10.5 Å². The van der Waals surface area contributed by atoms with E-state index in [1.807, 2.05) is 13.0 Å². The lowest BCUT2D eigenvalue weighted by atomic mass is 10.2. The van der Waals surface area contributed by atoms with Crippen molar-refractivity contribution in [3.8, 4) is 6.07 Å². The molecule has 0 aromatic heterocycles. The minimum Gasteiger partial charge on any atom is -0.309 e. The maximum absolute atomic E-state index is 12.7. The molecule has 2 fully saturated rings. The van der Waals surface area contributed by atoms with Gasteiger partial charge in [0.25, 0.3) is 0 Å². The number of aryl methyl sites for hydroxylation is 1. The number of piperazine rings is 1. The van der Waals surface area contributed by atoms with E-state index in [4.69, 9.17) is 0 Å². The van der Waals surface area contributed by atoms with Gasteiger partial charge in [-0.3, -0.25) is 0 Å². The molecule has 106 valence electrons. The van der Waals surface area contributed by atoms with Gasteiger partial charge in [0.1, 0.15) is 6.07 Å². The lowest BCUT2D eigenvalue weighted by Gasteiger charge is -2.32. The maximum atomic E-state index is 12.7. The lowest BCUT2D eigenvalue weighted by Crippen LogP contribution is -2.52. The van der Waals surface area contributed by atoms with E-state index in [1.165, 1.54) is 4.31 Å². The van der Waals surface area contributed by atoms with Crippen LogP contribution in [0.4, 0.5) is 0 Å². The van der Waals surface area contributed by atoms with E-state index < -0.39 is 10.0 Å². The Morgan fingerprint density at radius 1 is 1.30 bits per heavy atom. The predicted octanol–water partition coefficient (Wildman–Crippen LogP) is 0.992. The van der Waals surface area contributed by atoms with Crippen LogP contribution in [-0.2, 0) is 10.0 Å². The van der Waals surface area contributed by atoms with Gasteiger partial charge >= 0.3 is 0 Å². The van der Waals surface area contributed by atoms with Gasteiger partial charge in [-0.25, -0.2) is 8.42 Å². The number of fused-ring (bicyclic) bond motifs is 2. The van der Waals surface area contributed by atoms with Gasteiger partial charge in [-0.05, 0) is 37.5 Å². The molecular formula is C14H17N3O2S. The molecular weight excluding hydrogens is 274 g/mol. The van der Waals surface area contributed by atoms with Gasteiger partial charge in [-0.2, -0.15) is 9.57 Å². The first kappa shape index (κ1) is 13.6. The van der Waals surface area contributed by atoms with E-state index in [0.717, 1.165) is 18.4 Å². The minimum absolute atomic E-state index is 0.131. The van der Waals surface area contributed by atoms with Crippen molar-refractivity contribution in [2.24, 2.45) is 0 Å². The third-order valence-corrected chi connectivity index (χ3v) is 5.95. The monoisotopic (exact) mass is 291 g/mol. The zero-order valence-electron chi connectivity index (χ0n) is 11.3. The maximum Gasteiger partial charge on any atom is 0.244 e. The van der Waals surface area contributed by atoms with Gasteiger partial charge in [0.15, 0.2) is 0 Å². The second kappa shape index (κ2) is 4.85. The van der Waals surface area contributed by atoms with Gasteiger partial charge in [0, 0.05) is 25.2 Å². The average Bonchev–Trinajstić information content (AvgIpc) is 2.76. The van der Waals surface area contributed by atoms with Crippen molar-refractivity contribution < 1.29 is 8.42 Å². The van der Waals surface area contributed by atoms with Gasteiger partial charge in [-0.1, -0.05) is 6.07 Å². The highest BCUT2D eigenvalue weighted by Gasteiger charge is 2.38. The van der Waals surface area contributed by atoms with Gasteiger partial charge in [0.2, 0.25) is 10.0 Å². The fourth-order valence-electron chi connectivity index (χ4n) is 3.05. The first-order valence-electron chi connectivity index (χ1n) is 6.77. The Morgan fingerprint density at radius 3 is 2.55 bits per heavy atom. The zero-order chi connectivity index (χ0) is 14.3. The molecule has 2 saturated heterocycles. The number of nitrogens with zero attached hydrogens (tertiary/aromatic N) is 2. The van der Waals surface area contributed by atoms with Crippen molar-refractivity contribution in [3.63, 3.8) is 0 Å². The van der Waals surface area contributed by atoms with Crippen LogP contribution >= 0.6 is 0 Å². The Kier molecular flexibility index (Phi) is 3.28. The fourth-order valence-corrected chi connectivity index (χ4v) is 4.70. The second-order valence-electron chi connectivity index (χ2n) is 5.57. The Bertz CT molecular complexity index is 666. The van der Waals surface area contributed by atoms with Gasteiger partial charge in [-0.15, -0.1) is 0 Å². The Labute approximate surface area is 119 Å². The summed E-state index contributed by atoms with van der Waals surface area (Å²) in [6, 6.07) is 7.42. The van der Waals surface area contributed by atoms with Crippen molar-refractivity contribution in [1.29, 1.82) is 5.26 Å². The van der Waals surface area contributed by atoms with Crippen molar-refractivity contribution in [2.75, 3.05) is 13.1 Å². The number of hydrogen-bond acceptors (Lipinski definition) is 4. The summed E-state index contributed by atoms with van der Waals surface area (Å²) in [6.07, 6.45) is 2.05. The fraction of sp³-hybridized carbons (Fsp3) is 0.500. The van der Waals surface area contributed by atoms with Crippen molar-refractivity contribution in [1.82, 2.24) is 9.62 Å². The molecule has 2 atom stereocenters. The molecule has 0 aliphatic carbocycles. The molecule has 5 nitrogen and oxygen atoms in total. The number of sulfonamides is 1.